The molecule has 0 fully saturated rings. The van der Waals surface area contributed by atoms with Gasteiger partial charge in [-0.1, -0.05) is 26.2 Å². The molecule has 0 aromatic heterocycles. The zero-order valence-corrected chi connectivity index (χ0v) is 7.97. The van der Waals surface area contributed by atoms with Gasteiger partial charge in [0.1, 0.15) is 0 Å². The highest BCUT2D eigenvalue weighted by molar-refractivity contribution is 5.87. The first-order chi connectivity index (χ1) is 5.66. The van der Waals surface area contributed by atoms with Crippen molar-refractivity contribution in [1.82, 2.24) is 0 Å². The van der Waals surface area contributed by atoms with Crippen molar-refractivity contribution in [3.63, 3.8) is 0 Å². The van der Waals surface area contributed by atoms with Crippen molar-refractivity contribution in [3.8, 4) is 0 Å². The molecule has 0 spiro atoms. The minimum absolute atomic E-state index is 0.0806. The Morgan fingerprint density at radius 1 is 1.33 bits per heavy atom. The summed E-state index contributed by atoms with van der Waals surface area (Å²) in [5, 5.41) is 9.16. The number of hydrogen-bond donors (Lipinski definition) is 1. The molecule has 12 heavy (non-hydrogen) atoms. The van der Waals surface area contributed by atoms with E-state index in [9.17, 15) is 4.79 Å². The Hall–Kier alpha value is -0.790. The fourth-order valence-corrected chi connectivity index (χ4v) is 1.04. The molecule has 0 unspecified atom stereocenters. The van der Waals surface area contributed by atoms with Crippen LogP contribution in [0.4, 0.5) is 0 Å². The number of ketones is 1. The lowest BCUT2D eigenvalue weighted by atomic mass is 10.1. The molecule has 0 radical (unpaired) electrons. The molecule has 0 amide bonds. The third-order valence-corrected chi connectivity index (χ3v) is 1.66. The van der Waals surface area contributed by atoms with Gasteiger partial charge in [-0.25, -0.2) is 0 Å². The molecular formula is C10H18O2. The number of aliphatic hydroxyl groups is 1. The monoisotopic (exact) mass is 170 g/mol. The standard InChI is InChI=1S/C10H18O2/c1-3-4-5-6-7-10(12)8-9(2)11/h8,12H,3-7H2,1-2H3. The van der Waals surface area contributed by atoms with Crippen LogP contribution in [0, 0.1) is 0 Å². The predicted molar refractivity (Wildman–Crippen MR) is 50.2 cm³/mol. The second-order valence-electron chi connectivity index (χ2n) is 3.06. The van der Waals surface area contributed by atoms with Crippen LogP contribution in [-0.4, -0.2) is 10.9 Å². The Morgan fingerprint density at radius 2 is 2.00 bits per heavy atom. The van der Waals surface area contributed by atoms with Crippen LogP contribution in [0.15, 0.2) is 11.8 Å². The molecule has 0 bridgehead atoms. The fraction of sp³-hybridized carbons (Fsp3) is 0.700. The van der Waals surface area contributed by atoms with Gasteiger partial charge in [-0.2, -0.15) is 0 Å². The molecule has 2 heteroatoms. The van der Waals surface area contributed by atoms with Crippen molar-refractivity contribution < 1.29 is 9.90 Å². The van der Waals surface area contributed by atoms with Crippen molar-refractivity contribution in [1.29, 1.82) is 0 Å². The van der Waals surface area contributed by atoms with E-state index in [1.165, 1.54) is 25.8 Å². The average Bonchev–Trinajstić information content (AvgIpc) is 1.97. The van der Waals surface area contributed by atoms with E-state index in [1.807, 2.05) is 0 Å². The Bertz CT molecular complexity index is 159. The second kappa shape index (κ2) is 6.89. The minimum Gasteiger partial charge on any atom is -0.512 e. The van der Waals surface area contributed by atoms with E-state index in [1.54, 1.807) is 0 Å². The Balaban J connectivity index is 3.43. The predicted octanol–water partition coefficient (Wildman–Crippen LogP) is 2.99. The largest absolute Gasteiger partial charge is 0.512 e. The topological polar surface area (TPSA) is 37.3 Å². The lowest BCUT2D eigenvalue weighted by Crippen LogP contribution is -1.88. The quantitative estimate of drug-likeness (QED) is 0.378. The molecule has 0 rings (SSSR count). The fourth-order valence-electron chi connectivity index (χ4n) is 1.04. The van der Waals surface area contributed by atoms with Crippen LogP contribution >= 0.6 is 0 Å². The van der Waals surface area contributed by atoms with Gasteiger partial charge in [-0.15, -0.1) is 0 Å². The number of carbonyl (C=O) groups is 1. The van der Waals surface area contributed by atoms with E-state index in [2.05, 4.69) is 6.92 Å². The van der Waals surface area contributed by atoms with Crippen molar-refractivity contribution in [2.75, 3.05) is 0 Å². The Labute approximate surface area is 74.3 Å². The van der Waals surface area contributed by atoms with Crippen molar-refractivity contribution in [2.24, 2.45) is 0 Å². The first-order valence-corrected chi connectivity index (χ1v) is 4.57. The highest BCUT2D eigenvalue weighted by atomic mass is 16.3. The summed E-state index contributed by atoms with van der Waals surface area (Å²) in [6.07, 6.45) is 6.44. The van der Waals surface area contributed by atoms with Gasteiger partial charge in [0.15, 0.2) is 5.78 Å². The van der Waals surface area contributed by atoms with Gasteiger partial charge in [0, 0.05) is 12.5 Å². The molecule has 0 aliphatic heterocycles. The van der Waals surface area contributed by atoms with E-state index in [0.29, 0.717) is 6.42 Å². The zero-order valence-electron chi connectivity index (χ0n) is 7.97. The van der Waals surface area contributed by atoms with Gasteiger partial charge in [-0.3, -0.25) is 4.79 Å². The van der Waals surface area contributed by atoms with Crippen molar-refractivity contribution in [2.45, 2.75) is 46.0 Å². The van der Waals surface area contributed by atoms with E-state index in [-0.39, 0.29) is 11.5 Å². The summed E-state index contributed by atoms with van der Waals surface area (Å²) in [6, 6.07) is 0. The number of hydrogen-bond acceptors (Lipinski definition) is 2. The van der Waals surface area contributed by atoms with E-state index >= 15 is 0 Å². The lowest BCUT2D eigenvalue weighted by molar-refractivity contribution is -0.112. The first kappa shape index (κ1) is 11.2. The third-order valence-electron chi connectivity index (χ3n) is 1.66. The van der Waals surface area contributed by atoms with Gasteiger partial charge in [0.2, 0.25) is 0 Å². The molecule has 0 aliphatic carbocycles. The van der Waals surface area contributed by atoms with Gasteiger partial charge >= 0.3 is 0 Å². The van der Waals surface area contributed by atoms with Crippen LogP contribution in [0.1, 0.15) is 46.0 Å². The summed E-state index contributed by atoms with van der Waals surface area (Å²) < 4.78 is 0. The minimum atomic E-state index is -0.0806. The number of unbranched alkanes of at least 4 members (excludes halogenated alkanes) is 3. The average molecular weight is 170 g/mol. The summed E-state index contributed by atoms with van der Waals surface area (Å²) in [7, 11) is 0. The van der Waals surface area contributed by atoms with Crippen LogP contribution < -0.4 is 0 Å². The maximum atomic E-state index is 10.5. The highest BCUT2D eigenvalue weighted by Gasteiger charge is 1.95. The Kier molecular flexibility index (Phi) is 6.44. The van der Waals surface area contributed by atoms with Gasteiger partial charge in [0.05, 0.1) is 5.76 Å². The first-order valence-electron chi connectivity index (χ1n) is 4.57. The van der Waals surface area contributed by atoms with Gasteiger partial charge < -0.3 is 5.11 Å². The van der Waals surface area contributed by atoms with E-state index in [0.717, 1.165) is 12.8 Å². The van der Waals surface area contributed by atoms with Gasteiger partial charge in [0.25, 0.3) is 0 Å². The summed E-state index contributed by atoms with van der Waals surface area (Å²) >= 11 is 0. The second-order valence-corrected chi connectivity index (χ2v) is 3.06. The number of carbonyl (C=O) groups excluding carboxylic acids is 1. The smallest absolute Gasteiger partial charge is 0.155 e. The summed E-state index contributed by atoms with van der Waals surface area (Å²) in [4.78, 5) is 10.5. The molecule has 0 aromatic rings. The summed E-state index contributed by atoms with van der Waals surface area (Å²) in [5.74, 6) is 0.140. The molecule has 0 saturated heterocycles. The SMILES string of the molecule is CCCCCCC(O)=CC(C)=O. The van der Waals surface area contributed by atoms with Crippen LogP contribution in [0.5, 0.6) is 0 Å². The lowest BCUT2D eigenvalue weighted by Gasteiger charge is -1.98. The number of rotatable bonds is 6. The molecular weight excluding hydrogens is 152 g/mol. The maximum absolute atomic E-state index is 10.5. The van der Waals surface area contributed by atoms with Crippen LogP contribution in [0.25, 0.3) is 0 Å². The van der Waals surface area contributed by atoms with Crippen LogP contribution in [0.2, 0.25) is 0 Å². The molecule has 70 valence electrons. The molecule has 0 aliphatic rings. The van der Waals surface area contributed by atoms with E-state index < -0.39 is 0 Å². The molecule has 1 N–H and O–H groups in total. The summed E-state index contributed by atoms with van der Waals surface area (Å²) in [5.41, 5.74) is 0. The Morgan fingerprint density at radius 3 is 2.50 bits per heavy atom. The third kappa shape index (κ3) is 7.32. The molecule has 0 heterocycles. The molecule has 0 aromatic carbocycles. The van der Waals surface area contributed by atoms with Crippen molar-refractivity contribution in [3.05, 3.63) is 11.8 Å². The zero-order chi connectivity index (χ0) is 9.40. The maximum Gasteiger partial charge on any atom is 0.155 e. The highest BCUT2D eigenvalue weighted by Crippen LogP contribution is 2.07. The molecule has 2 nitrogen and oxygen atoms in total. The van der Waals surface area contributed by atoms with Crippen LogP contribution in [-0.2, 0) is 4.79 Å². The van der Waals surface area contributed by atoms with Gasteiger partial charge in [-0.05, 0) is 13.3 Å². The number of aliphatic hydroxyl groups excluding tert-OH is 1. The van der Waals surface area contributed by atoms with E-state index in [4.69, 9.17) is 5.11 Å². The van der Waals surface area contributed by atoms with Crippen molar-refractivity contribution >= 4 is 5.78 Å². The normalized spacial score (nSPS) is 11.7. The number of allylic oxidation sites excluding steroid dienone is 2. The van der Waals surface area contributed by atoms with Crippen LogP contribution in [0.3, 0.4) is 0 Å². The summed E-state index contributed by atoms with van der Waals surface area (Å²) in [6.45, 7) is 3.59. The molecule has 0 atom stereocenters. The molecule has 0 saturated carbocycles.